The number of amides is 2. The monoisotopic (exact) mass is 507 g/mol. The molecular formula is C22H23Cl2F4N3O2. The summed E-state index contributed by atoms with van der Waals surface area (Å²) >= 11 is 12.2. The molecule has 0 saturated carbocycles. The van der Waals surface area contributed by atoms with Gasteiger partial charge in [-0.2, -0.15) is 13.2 Å². The number of carbonyl (C=O) groups is 1. The fourth-order valence-corrected chi connectivity index (χ4v) is 4.34. The molecule has 180 valence electrons. The highest BCUT2D eigenvalue weighted by Gasteiger charge is 2.39. The minimum Gasteiger partial charge on any atom is -0.395 e. The summed E-state index contributed by atoms with van der Waals surface area (Å²) in [5.41, 5.74) is -0.0911. The van der Waals surface area contributed by atoms with Crippen molar-refractivity contribution in [2.75, 3.05) is 33.3 Å². The van der Waals surface area contributed by atoms with Crippen molar-refractivity contribution < 1.29 is 27.5 Å². The van der Waals surface area contributed by atoms with Gasteiger partial charge >= 0.3 is 12.2 Å². The summed E-state index contributed by atoms with van der Waals surface area (Å²) in [6, 6.07) is 7.49. The number of hydrogen-bond donors (Lipinski definition) is 2. The van der Waals surface area contributed by atoms with Crippen LogP contribution in [-0.2, 0) is 12.7 Å². The molecule has 1 heterocycles. The molecule has 33 heavy (non-hydrogen) atoms. The molecule has 2 amide bonds. The van der Waals surface area contributed by atoms with Gasteiger partial charge in [-0.25, -0.2) is 9.18 Å². The maximum atomic E-state index is 14.0. The third-order valence-corrected chi connectivity index (χ3v) is 6.41. The standard InChI is InChI=1S/C22H23Cl2F4N3O2/c1-30(10-13-2-4-16(19(25)8-13)22(26,27)28)20-12-31(21(33)29-6-7-32)11-15(20)14-3-5-17(23)18(24)9-14/h2-5,8-9,15,20,32H,6-7,10-12H2,1H3,(H,29,33)/t15-,20+/m1/s1. The number of aliphatic hydroxyl groups excluding tert-OH is 1. The van der Waals surface area contributed by atoms with Crippen LogP contribution in [0.5, 0.6) is 0 Å². The normalized spacial score (nSPS) is 18.8. The molecule has 2 N–H and O–H groups in total. The van der Waals surface area contributed by atoms with Crippen molar-refractivity contribution >= 4 is 29.2 Å². The number of nitrogens with one attached hydrogen (secondary N) is 1. The van der Waals surface area contributed by atoms with Gasteiger partial charge in [0.15, 0.2) is 0 Å². The van der Waals surface area contributed by atoms with Crippen molar-refractivity contribution in [3.63, 3.8) is 0 Å². The lowest BCUT2D eigenvalue weighted by Gasteiger charge is -2.29. The van der Waals surface area contributed by atoms with Gasteiger partial charge in [-0.1, -0.05) is 35.3 Å². The minimum absolute atomic E-state index is 0.109. The molecule has 3 rings (SSSR count). The Morgan fingerprint density at radius 1 is 1.18 bits per heavy atom. The van der Waals surface area contributed by atoms with Crippen molar-refractivity contribution in [2.24, 2.45) is 0 Å². The first kappa shape index (κ1) is 25.6. The lowest BCUT2D eigenvalue weighted by atomic mass is 9.93. The molecule has 11 heteroatoms. The largest absolute Gasteiger partial charge is 0.419 e. The van der Waals surface area contributed by atoms with E-state index in [1.807, 2.05) is 11.0 Å². The van der Waals surface area contributed by atoms with Crippen LogP contribution in [0, 0.1) is 5.82 Å². The van der Waals surface area contributed by atoms with Crippen molar-refractivity contribution in [3.05, 3.63) is 69.0 Å². The molecule has 0 bridgehead atoms. The third-order valence-electron chi connectivity index (χ3n) is 5.67. The number of aliphatic hydroxyl groups is 1. The average molecular weight is 508 g/mol. The van der Waals surface area contributed by atoms with Crippen LogP contribution in [0.25, 0.3) is 0 Å². The molecule has 1 aliphatic rings. The lowest BCUT2D eigenvalue weighted by molar-refractivity contribution is -0.140. The van der Waals surface area contributed by atoms with E-state index in [9.17, 15) is 22.4 Å². The summed E-state index contributed by atoms with van der Waals surface area (Å²) in [5, 5.41) is 12.3. The number of rotatable bonds is 6. The van der Waals surface area contributed by atoms with Crippen LogP contribution in [0.2, 0.25) is 10.0 Å². The highest BCUT2D eigenvalue weighted by Crippen LogP contribution is 2.35. The number of likely N-dealkylation sites (tertiary alicyclic amines) is 1. The molecule has 2 aromatic rings. The molecule has 0 radical (unpaired) electrons. The fourth-order valence-electron chi connectivity index (χ4n) is 4.04. The van der Waals surface area contributed by atoms with E-state index in [2.05, 4.69) is 5.32 Å². The van der Waals surface area contributed by atoms with Crippen molar-refractivity contribution in [1.29, 1.82) is 0 Å². The van der Waals surface area contributed by atoms with Gasteiger partial charge in [0.2, 0.25) is 0 Å². The van der Waals surface area contributed by atoms with Gasteiger partial charge in [0.25, 0.3) is 0 Å². The Labute approximate surface area is 198 Å². The quantitative estimate of drug-likeness (QED) is 0.554. The summed E-state index contributed by atoms with van der Waals surface area (Å²) in [7, 11) is 1.76. The van der Waals surface area contributed by atoms with Crippen LogP contribution in [-0.4, -0.2) is 60.3 Å². The molecule has 0 spiro atoms. The summed E-state index contributed by atoms with van der Waals surface area (Å²) in [4.78, 5) is 16.0. The molecule has 2 aromatic carbocycles. The van der Waals surface area contributed by atoms with Crippen LogP contribution in [0.1, 0.15) is 22.6 Å². The van der Waals surface area contributed by atoms with Crippen molar-refractivity contribution in [1.82, 2.24) is 15.1 Å². The molecule has 1 saturated heterocycles. The molecular weight excluding hydrogens is 485 g/mol. The summed E-state index contributed by atoms with van der Waals surface area (Å²) < 4.78 is 52.6. The first-order valence-electron chi connectivity index (χ1n) is 10.2. The fraction of sp³-hybridized carbons (Fsp3) is 0.409. The van der Waals surface area contributed by atoms with Crippen LogP contribution in [0.3, 0.4) is 0 Å². The van der Waals surface area contributed by atoms with E-state index in [1.54, 1.807) is 24.1 Å². The van der Waals surface area contributed by atoms with Gasteiger partial charge in [-0.3, -0.25) is 4.90 Å². The second kappa shape index (κ2) is 10.5. The van der Waals surface area contributed by atoms with E-state index in [0.717, 1.165) is 17.7 Å². The second-order valence-corrected chi connectivity index (χ2v) is 8.75. The second-order valence-electron chi connectivity index (χ2n) is 7.93. The van der Waals surface area contributed by atoms with Gasteiger partial charge in [-0.15, -0.1) is 0 Å². The highest BCUT2D eigenvalue weighted by atomic mass is 35.5. The highest BCUT2D eigenvalue weighted by molar-refractivity contribution is 6.42. The molecule has 5 nitrogen and oxygen atoms in total. The Hall–Kier alpha value is -2.07. The molecule has 0 unspecified atom stereocenters. The first-order valence-corrected chi connectivity index (χ1v) is 10.9. The number of carbonyl (C=O) groups excluding carboxylic acids is 1. The first-order chi connectivity index (χ1) is 15.5. The van der Waals surface area contributed by atoms with E-state index >= 15 is 0 Å². The molecule has 1 fully saturated rings. The Kier molecular flexibility index (Phi) is 8.10. The van der Waals surface area contributed by atoms with Gasteiger partial charge in [-0.05, 0) is 42.4 Å². The number of likely N-dealkylation sites (N-methyl/N-ethyl adjacent to an activating group) is 1. The number of halogens is 6. The summed E-state index contributed by atoms with van der Waals surface area (Å²) in [5.74, 6) is -1.50. The van der Waals surface area contributed by atoms with Crippen LogP contribution in [0.15, 0.2) is 36.4 Å². The zero-order chi connectivity index (χ0) is 24.3. The minimum atomic E-state index is -4.76. The van der Waals surface area contributed by atoms with Gasteiger partial charge < -0.3 is 15.3 Å². The predicted molar refractivity (Wildman–Crippen MR) is 118 cm³/mol. The summed E-state index contributed by atoms with van der Waals surface area (Å²) in [6.07, 6.45) is -4.76. The topological polar surface area (TPSA) is 55.8 Å². The zero-order valence-electron chi connectivity index (χ0n) is 17.7. The number of hydrogen-bond acceptors (Lipinski definition) is 3. The van der Waals surface area contributed by atoms with Gasteiger partial charge in [0.1, 0.15) is 5.82 Å². The van der Waals surface area contributed by atoms with Crippen molar-refractivity contribution in [2.45, 2.75) is 24.7 Å². The average Bonchev–Trinajstić information content (AvgIpc) is 3.19. The number of benzene rings is 2. The SMILES string of the molecule is CN(Cc1ccc(C(F)(F)F)c(F)c1)[C@H]1CN(C(=O)NCCO)C[C@@H]1c1ccc(Cl)c(Cl)c1. The van der Waals surface area contributed by atoms with E-state index in [1.165, 1.54) is 6.07 Å². The Bertz CT molecular complexity index is 1010. The Balaban J connectivity index is 1.84. The van der Waals surface area contributed by atoms with Crippen LogP contribution in [0.4, 0.5) is 22.4 Å². The maximum Gasteiger partial charge on any atom is 0.419 e. The van der Waals surface area contributed by atoms with Gasteiger partial charge in [0.05, 0.1) is 22.2 Å². The molecule has 0 aromatic heterocycles. The maximum absolute atomic E-state index is 14.0. The van der Waals surface area contributed by atoms with Crippen LogP contribution >= 0.6 is 23.2 Å². The van der Waals surface area contributed by atoms with E-state index in [4.69, 9.17) is 28.3 Å². The molecule has 2 atom stereocenters. The Morgan fingerprint density at radius 3 is 2.52 bits per heavy atom. The third kappa shape index (κ3) is 6.09. The van der Waals surface area contributed by atoms with E-state index < -0.39 is 17.6 Å². The van der Waals surface area contributed by atoms with E-state index in [-0.39, 0.29) is 37.7 Å². The van der Waals surface area contributed by atoms with Gasteiger partial charge in [0, 0.05) is 38.1 Å². The zero-order valence-corrected chi connectivity index (χ0v) is 19.2. The lowest BCUT2D eigenvalue weighted by Crippen LogP contribution is -2.42. The number of nitrogens with zero attached hydrogens (tertiary/aromatic N) is 2. The predicted octanol–water partition coefficient (Wildman–Crippen LogP) is 4.75. The Morgan fingerprint density at radius 2 is 1.91 bits per heavy atom. The van der Waals surface area contributed by atoms with E-state index in [0.29, 0.717) is 28.7 Å². The number of urea groups is 1. The van der Waals surface area contributed by atoms with Crippen LogP contribution < -0.4 is 5.32 Å². The number of alkyl halides is 3. The molecule has 0 aliphatic carbocycles. The molecule has 1 aliphatic heterocycles. The summed E-state index contributed by atoms with van der Waals surface area (Å²) in [6.45, 7) is 0.758. The smallest absolute Gasteiger partial charge is 0.395 e. The van der Waals surface area contributed by atoms with Crippen molar-refractivity contribution in [3.8, 4) is 0 Å².